The molecular weight excluding hydrogens is 380 g/mol. The van der Waals surface area contributed by atoms with Gasteiger partial charge in [0.05, 0.1) is 19.9 Å². The van der Waals surface area contributed by atoms with Gasteiger partial charge < -0.3 is 14.4 Å². The molecule has 0 spiro atoms. The van der Waals surface area contributed by atoms with E-state index in [1.165, 1.54) is 11.4 Å². The molecule has 0 atom stereocenters. The largest absolute Gasteiger partial charge is 0.495 e. The van der Waals surface area contributed by atoms with E-state index < -0.39 is 21.7 Å². The Hall–Kier alpha value is -1.80. The molecule has 0 amide bonds. The van der Waals surface area contributed by atoms with Crippen molar-refractivity contribution in [2.24, 2.45) is 11.8 Å². The lowest BCUT2D eigenvalue weighted by atomic mass is 9.79. The second-order valence-electron chi connectivity index (χ2n) is 7.57. The lowest BCUT2D eigenvalue weighted by molar-refractivity contribution is -0.137. The summed E-state index contributed by atoms with van der Waals surface area (Å²) >= 11 is 0. The Kier molecular flexibility index (Phi) is 6.82. The maximum absolute atomic E-state index is 12.3. The first-order valence-corrected chi connectivity index (χ1v) is 11.5. The van der Waals surface area contributed by atoms with Crippen molar-refractivity contribution in [1.82, 2.24) is 4.31 Å². The van der Waals surface area contributed by atoms with Crippen LogP contribution in [0.4, 0.5) is 5.69 Å². The van der Waals surface area contributed by atoms with Crippen molar-refractivity contribution in [3.8, 4) is 5.75 Å². The van der Waals surface area contributed by atoms with Crippen LogP contribution in [0.25, 0.3) is 0 Å². The highest BCUT2D eigenvalue weighted by Gasteiger charge is 2.34. The first-order valence-electron chi connectivity index (χ1n) is 9.87. The lowest BCUT2D eigenvalue weighted by Crippen LogP contribution is -2.44. The van der Waals surface area contributed by atoms with Gasteiger partial charge in [0.1, 0.15) is 5.75 Å². The third-order valence-corrected chi connectivity index (χ3v) is 7.80. The van der Waals surface area contributed by atoms with Crippen molar-refractivity contribution < 1.29 is 22.7 Å². The molecule has 1 aromatic carbocycles. The molecule has 2 heterocycles. The minimum absolute atomic E-state index is 0.497. The van der Waals surface area contributed by atoms with Crippen LogP contribution in [0, 0.1) is 11.8 Å². The minimum Gasteiger partial charge on any atom is -0.495 e. The fourth-order valence-corrected chi connectivity index (χ4v) is 5.79. The predicted octanol–water partition coefficient (Wildman–Crippen LogP) is 2.13. The summed E-state index contributed by atoms with van der Waals surface area (Å²) in [6.45, 7) is 2.98. The average Bonchev–Trinajstić information content (AvgIpc) is 2.73. The van der Waals surface area contributed by atoms with E-state index in [2.05, 4.69) is 15.7 Å². The topological polar surface area (TPSA) is 76.2 Å². The number of carbonyl (C=O) groups is 1. The number of para-hydroxylation sites is 2. The van der Waals surface area contributed by atoms with Gasteiger partial charge >= 0.3 is 5.97 Å². The van der Waals surface area contributed by atoms with E-state index >= 15 is 0 Å². The molecule has 8 heteroatoms. The molecule has 2 aliphatic rings. The van der Waals surface area contributed by atoms with Gasteiger partial charge in [-0.05, 0) is 49.7 Å². The number of ether oxygens (including phenoxy) is 2. The van der Waals surface area contributed by atoms with Gasteiger partial charge in [0.15, 0.2) is 5.75 Å². The summed E-state index contributed by atoms with van der Waals surface area (Å²) in [5.41, 5.74) is 1.15. The van der Waals surface area contributed by atoms with Crippen molar-refractivity contribution in [2.75, 3.05) is 51.1 Å². The van der Waals surface area contributed by atoms with Crippen LogP contribution in [-0.4, -0.2) is 64.8 Å². The van der Waals surface area contributed by atoms with Crippen LogP contribution >= 0.6 is 0 Å². The Labute approximate surface area is 167 Å². The Balaban J connectivity index is 1.51. The second kappa shape index (κ2) is 9.13. The second-order valence-corrected chi connectivity index (χ2v) is 9.53. The van der Waals surface area contributed by atoms with E-state index in [1.54, 1.807) is 7.11 Å². The zero-order valence-corrected chi connectivity index (χ0v) is 17.5. The van der Waals surface area contributed by atoms with Gasteiger partial charge in [-0.25, -0.2) is 12.7 Å². The van der Waals surface area contributed by atoms with Gasteiger partial charge in [-0.3, -0.25) is 4.79 Å². The van der Waals surface area contributed by atoms with E-state index in [4.69, 9.17) is 4.74 Å². The fourth-order valence-electron chi connectivity index (χ4n) is 4.43. The third-order valence-electron chi connectivity index (χ3n) is 6.05. The highest BCUT2D eigenvalue weighted by molar-refractivity contribution is 7.89. The van der Waals surface area contributed by atoms with E-state index in [1.807, 2.05) is 18.2 Å². The lowest BCUT2D eigenvalue weighted by Gasteiger charge is -2.40. The molecule has 0 saturated carbocycles. The zero-order valence-electron chi connectivity index (χ0n) is 16.7. The number of piperidine rings is 2. The maximum Gasteiger partial charge on any atom is 0.322 e. The van der Waals surface area contributed by atoms with Crippen LogP contribution < -0.4 is 9.64 Å². The van der Waals surface area contributed by atoms with Crippen molar-refractivity contribution in [2.45, 2.75) is 25.7 Å². The van der Waals surface area contributed by atoms with Crippen molar-refractivity contribution in [1.29, 1.82) is 0 Å². The molecule has 0 aliphatic carbocycles. The van der Waals surface area contributed by atoms with Gasteiger partial charge in [0, 0.05) is 26.2 Å². The van der Waals surface area contributed by atoms with E-state index in [9.17, 15) is 13.2 Å². The number of benzene rings is 1. The highest BCUT2D eigenvalue weighted by Crippen LogP contribution is 2.36. The molecule has 2 fully saturated rings. The molecule has 28 heavy (non-hydrogen) atoms. The summed E-state index contributed by atoms with van der Waals surface area (Å²) in [6, 6.07) is 8.11. The predicted molar refractivity (Wildman–Crippen MR) is 108 cm³/mol. The molecule has 156 valence electrons. The zero-order chi connectivity index (χ0) is 20.1. The Morgan fingerprint density at radius 2 is 1.57 bits per heavy atom. The van der Waals surface area contributed by atoms with Crippen LogP contribution in [0.2, 0.25) is 0 Å². The van der Waals surface area contributed by atoms with Gasteiger partial charge in [0.25, 0.3) is 0 Å². The maximum atomic E-state index is 12.3. The van der Waals surface area contributed by atoms with Crippen molar-refractivity contribution >= 4 is 21.7 Å². The Morgan fingerprint density at radius 1 is 1.00 bits per heavy atom. The quantitative estimate of drug-likeness (QED) is 0.669. The summed E-state index contributed by atoms with van der Waals surface area (Å²) in [5.74, 6) is 0.808. The van der Waals surface area contributed by atoms with Gasteiger partial charge in [-0.1, -0.05) is 12.1 Å². The Bertz CT molecular complexity index is 767. The SMILES string of the molecule is COC(=O)CS(=O)(=O)N1CCC(C2CCN(c3ccccc3OC)CC2)CC1. The molecule has 0 bridgehead atoms. The van der Waals surface area contributed by atoms with Crippen LogP contribution in [0.5, 0.6) is 5.75 Å². The number of hydrogen-bond donors (Lipinski definition) is 0. The monoisotopic (exact) mass is 410 g/mol. The van der Waals surface area contributed by atoms with Gasteiger partial charge in [-0.2, -0.15) is 0 Å². The van der Waals surface area contributed by atoms with Gasteiger partial charge in [0.2, 0.25) is 10.0 Å². The first kappa shape index (κ1) is 20.9. The summed E-state index contributed by atoms with van der Waals surface area (Å²) in [6.07, 6.45) is 3.94. The molecule has 0 unspecified atom stereocenters. The number of carbonyl (C=O) groups excluding carboxylic acids is 1. The number of nitrogens with zero attached hydrogens (tertiary/aromatic N) is 2. The standard InChI is InChI=1S/C20H30N2O5S/c1-26-19-6-4-3-5-18(19)21-11-7-16(8-12-21)17-9-13-22(14-10-17)28(24,25)15-20(23)27-2/h3-6,16-17H,7-15H2,1-2H3. The van der Waals surface area contributed by atoms with Crippen LogP contribution in [0.3, 0.4) is 0 Å². The third kappa shape index (κ3) is 4.78. The normalized spacial score (nSPS) is 20.1. The number of hydrogen-bond acceptors (Lipinski definition) is 6. The van der Waals surface area contributed by atoms with Crippen molar-refractivity contribution in [3.63, 3.8) is 0 Å². The molecule has 0 radical (unpaired) electrons. The Morgan fingerprint density at radius 3 is 2.14 bits per heavy atom. The molecule has 0 aromatic heterocycles. The average molecular weight is 411 g/mol. The summed E-state index contributed by atoms with van der Waals surface area (Å²) in [4.78, 5) is 13.7. The molecular formula is C20H30N2O5S. The number of rotatable bonds is 6. The summed E-state index contributed by atoms with van der Waals surface area (Å²) in [7, 11) is -0.653. The molecule has 1 aromatic rings. The summed E-state index contributed by atoms with van der Waals surface area (Å²) < 4.78 is 36.0. The van der Waals surface area contributed by atoms with E-state index in [-0.39, 0.29) is 0 Å². The molecule has 3 rings (SSSR count). The van der Waals surface area contributed by atoms with Gasteiger partial charge in [-0.15, -0.1) is 0 Å². The fraction of sp³-hybridized carbons (Fsp3) is 0.650. The summed E-state index contributed by atoms with van der Waals surface area (Å²) in [5, 5.41) is 0. The number of sulfonamides is 1. The number of anilines is 1. The van der Waals surface area contributed by atoms with Crippen LogP contribution in [-0.2, 0) is 19.6 Å². The van der Waals surface area contributed by atoms with Crippen LogP contribution in [0.15, 0.2) is 24.3 Å². The number of esters is 1. The number of methoxy groups -OCH3 is 2. The smallest absolute Gasteiger partial charge is 0.322 e. The van der Waals surface area contributed by atoms with Crippen LogP contribution in [0.1, 0.15) is 25.7 Å². The minimum atomic E-state index is -3.56. The highest BCUT2D eigenvalue weighted by atomic mass is 32.2. The first-order chi connectivity index (χ1) is 13.4. The molecule has 7 nitrogen and oxygen atoms in total. The van der Waals surface area contributed by atoms with Crippen molar-refractivity contribution in [3.05, 3.63) is 24.3 Å². The molecule has 0 N–H and O–H groups in total. The van der Waals surface area contributed by atoms with E-state index in [0.29, 0.717) is 24.9 Å². The van der Waals surface area contributed by atoms with E-state index in [0.717, 1.165) is 50.2 Å². The molecule has 2 aliphatic heterocycles. The molecule has 2 saturated heterocycles.